The first-order chi connectivity index (χ1) is 11.1. The van der Waals surface area contributed by atoms with Gasteiger partial charge in [-0.3, -0.25) is 4.90 Å². The molecule has 1 N–H and O–H groups in total. The van der Waals surface area contributed by atoms with Gasteiger partial charge in [0.1, 0.15) is 11.5 Å². The maximum atomic E-state index is 10.0. The van der Waals surface area contributed by atoms with Gasteiger partial charge in [-0.05, 0) is 40.0 Å². The largest absolute Gasteiger partial charge is 0.494 e. The Kier molecular flexibility index (Phi) is 6.69. The number of hydrogen-bond acceptors (Lipinski definition) is 5. The summed E-state index contributed by atoms with van der Waals surface area (Å²) in [5.41, 5.74) is 1.04. The lowest BCUT2D eigenvalue weighted by atomic mass is 10.0. The molecule has 0 aliphatic carbocycles. The molecule has 1 aromatic rings. The normalized spacial score (nSPS) is 21.2. The number of rotatable bonds is 7. The molecule has 0 saturated carbocycles. The Morgan fingerprint density at radius 2 is 1.96 bits per heavy atom. The van der Waals surface area contributed by atoms with E-state index >= 15 is 0 Å². The Morgan fingerprint density at radius 1 is 1.22 bits per heavy atom. The molecule has 1 aliphatic heterocycles. The van der Waals surface area contributed by atoms with Gasteiger partial charge in [0.05, 0.1) is 25.9 Å². The smallest absolute Gasteiger partial charge is 0.127 e. The lowest BCUT2D eigenvalue weighted by molar-refractivity contribution is 0.0329. The minimum Gasteiger partial charge on any atom is -0.494 e. The molecule has 1 saturated heterocycles. The van der Waals surface area contributed by atoms with Gasteiger partial charge >= 0.3 is 0 Å². The summed E-state index contributed by atoms with van der Waals surface area (Å²) in [6, 6.07) is 6.28. The molecule has 0 bridgehead atoms. The molecule has 2 atom stereocenters. The fraction of sp³-hybridized carbons (Fsp3) is 0.667. The van der Waals surface area contributed by atoms with Gasteiger partial charge in [0.15, 0.2) is 0 Å². The first kappa shape index (κ1) is 18.0. The highest BCUT2D eigenvalue weighted by molar-refractivity contribution is 5.43. The van der Waals surface area contributed by atoms with E-state index in [4.69, 9.17) is 9.47 Å². The number of aliphatic hydroxyl groups is 1. The molecule has 2 unspecified atom stereocenters. The molecule has 5 heteroatoms. The van der Waals surface area contributed by atoms with Crippen molar-refractivity contribution in [2.24, 2.45) is 0 Å². The first-order valence-electron chi connectivity index (χ1n) is 8.55. The van der Waals surface area contributed by atoms with Gasteiger partial charge in [-0.15, -0.1) is 0 Å². The average Bonchev–Trinajstić information content (AvgIpc) is 2.52. The van der Waals surface area contributed by atoms with E-state index in [9.17, 15) is 5.11 Å². The Labute approximate surface area is 139 Å². The lowest BCUT2D eigenvalue weighted by Crippen LogP contribution is -2.52. The maximum Gasteiger partial charge on any atom is 0.127 e. The molecule has 130 valence electrons. The van der Waals surface area contributed by atoms with E-state index in [0.717, 1.165) is 36.7 Å². The Morgan fingerprint density at radius 3 is 2.57 bits per heavy atom. The summed E-state index contributed by atoms with van der Waals surface area (Å²) < 4.78 is 11.4. The number of hydrogen-bond donors (Lipinski definition) is 1. The van der Waals surface area contributed by atoms with Crippen LogP contribution in [0, 0.1) is 0 Å². The van der Waals surface area contributed by atoms with Crippen molar-refractivity contribution in [2.45, 2.75) is 32.9 Å². The summed E-state index contributed by atoms with van der Waals surface area (Å²) in [4.78, 5) is 4.70. The zero-order chi connectivity index (χ0) is 16.8. The molecule has 1 aromatic carbocycles. The maximum absolute atomic E-state index is 10.0. The molecule has 5 nitrogen and oxygen atoms in total. The van der Waals surface area contributed by atoms with Gasteiger partial charge in [-0.1, -0.05) is 0 Å². The number of likely N-dealkylation sites (N-methyl/N-ethyl adjacent to an activating group) is 1. The number of piperazine rings is 1. The number of benzene rings is 1. The van der Waals surface area contributed by atoms with Crippen LogP contribution in [0.15, 0.2) is 18.2 Å². The van der Waals surface area contributed by atoms with Crippen molar-refractivity contribution < 1.29 is 14.6 Å². The van der Waals surface area contributed by atoms with Crippen molar-refractivity contribution in [3.63, 3.8) is 0 Å². The van der Waals surface area contributed by atoms with E-state index in [0.29, 0.717) is 19.3 Å². The summed E-state index contributed by atoms with van der Waals surface area (Å²) in [5, 5.41) is 10.0. The molecular weight excluding hydrogens is 292 g/mol. The van der Waals surface area contributed by atoms with Crippen LogP contribution in [0.2, 0.25) is 0 Å². The lowest BCUT2D eigenvalue weighted by Gasteiger charge is -2.42. The highest BCUT2D eigenvalue weighted by atomic mass is 16.5. The topological polar surface area (TPSA) is 45.2 Å². The average molecular weight is 322 g/mol. The number of nitrogens with zero attached hydrogens (tertiary/aromatic N) is 2. The van der Waals surface area contributed by atoms with E-state index in [1.165, 1.54) is 0 Å². The van der Waals surface area contributed by atoms with Crippen molar-refractivity contribution in [3.05, 3.63) is 23.8 Å². The van der Waals surface area contributed by atoms with Crippen LogP contribution >= 0.6 is 0 Å². The fourth-order valence-electron chi connectivity index (χ4n) is 3.33. The standard InChI is InChI=1S/C18H30N2O3/c1-5-22-15-7-8-16(18(11-15)23-6-2)17(13-21)20-10-9-19(4)12-14(20)3/h7-8,11,14,17,21H,5-6,9-10,12-13H2,1-4H3. The Hall–Kier alpha value is -1.30. The van der Waals surface area contributed by atoms with Gasteiger partial charge in [-0.25, -0.2) is 0 Å². The predicted octanol–water partition coefficient (Wildman–Crippen LogP) is 2.15. The molecule has 1 heterocycles. The van der Waals surface area contributed by atoms with Crippen LogP contribution in [-0.2, 0) is 0 Å². The molecule has 0 spiro atoms. The van der Waals surface area contributed by atoms with E-state index in [1.807, 2.05) is 32.0 Å². The molecular formula is C18H30N2O3. The van der Waals surface area contributed by atoms with Crippen LogP contribution < -0.4 is 9.47 Å². The van der Waals surface area contributed by atoms with Crippen molar-refractivity contribution in [1.82, 2.24) is 9.80 Å². The molecule has 0 radical (unpaired) electrons. The highest BCUT2D eigenvalue weighted by Crippen LogP contribution is 2.34. The van der Waals surface area contributed by atoms with Gasteiger partial charge in [-0.2, -0.15) is 0 Å². The fourth-order valence-corrected chi connectivity index (χ4v) is 3.33. The molecule has 23 heavy (non-hydrogen) atoms. The first-order valence-corrected chi connectivity index (χ1v) is 8.55. The summed E-state index contributed by atoms with van der Waals surface area (Å²) in [5.74, 6) is 1.62. The predicted molar refractivity (Wildman–Crippen MR) is 92.3 cm³/mol. The second kappa shape index (κ2) is 8.52. The zero-order valence-corrected chi connectivity index (χ0v) is 14.8. The number of aliphatic hydroxyl groups excluding tert-OH is 1. The third kappa shape index (κ3) is 4.37. The van der Waals surface area contributed by atoms with Crippen LogP contribution in [0.3, 0.4) is 0 Å². The number of ether oxygens (including phenoxy) is 2. The van der Waals surface area contributed by atoms with E-state index in [-0.39, 0.29) is 12.6 Å². The van der Waals surface area contributed by atoms with Gasteiger partial charge in [0, 0.05) is 37.3 Å². The van der Waals surface area contributed by atoms with Crippen LogP contribution in [0.5, 0.6) is 11.5 Å². The van der Waals surface area contributed by atoms with Crippen molar-refractivity contribution in [2.75, 3.05) is 46.5 Å². The third-order valence-electron chi connectivity index (χ3n) is 4.41. The summed E-state index contributed by atoms with van der Waals surface area (Å²) >= 11 is 0. The van der Waals surface area contributed by atoms with Crippen LogP contribution in [0.1, 0.15) is 32.4 Å². The third-order valence-corrected chi connectivity index (χ3v) is 4.41. The summed E-state index contributed by atoms with van der Waals surface area (Å²) in [6.07, 6.45) is 0. The SMILES string of the molecule is CCOc1ccc(C(CO)N2CCN(C)CC2C)c(OCC)c1. The Balaban J connectivity index is 2.28. The van der Waals surface area contributed by atoms with Gasteiger partial charge in [0.2, 0.25) is 0 Å². The quantitative estimate of drug-likeness (QED) is 0.833. The van der Waals surface area contributed by atoms with Gasteiger partial charge in [0.25, 0.3) is 0 Å². The van der Waals surface area contributed by atoms with Gasteiger partial charge < -0.3 is 19.5 Å². The minimum absolute atomic E-state index is 0.0454. The van der Waals surface area contributed by atoms with Crippen molar-refractivity contribution in [3.8, 4) is 11.5 Å². The molecule has 1 aliphatic rings. The van der Waals surface area contributed by atoms with Crippen LogP contribution in [-0.4, -0.2) is 67.5 Å². The molecule has 0 aromatic heterocycles. The van der Waals surface area contributed by atoms with Crippen LogP contribution in [0.4, 0.5) is 0 Å². The van der Waals surface area contributed by atoms with E-state index in [2.05, 4.69) is 23.8 Å². The second-order valence-corrected chi connectivity index (χ2v) is 6.11. The van der Waals surface area contributed by atoms with Crippen molar-refractivity contribution in [1.29, 1.82) is 0 Å². The second-order valence-electron chi connectivity index (χ2n) is 6.11. The highest BCUT2D eigenvalue weighted by Gasteiger charge is 2.30. The van der Waals surface area contributed by atoms with Crippen molar-refractivity contribution >= 4 is 0 Å². The minimum atomic E-state index is -0.0454. The molecule has 0 amide bonds. The monoisotopic (exact) mass is 322 g/mol. The molecule has 1 fully saturated rings. The van der Waals surface area contributed by atoms with E-state index < -0.39 is 0 Å². The van der Waals surface area contributed by atoms with E-state index in [1.54, 1.807) is 0 Å². The molecule has 2 rings (SSSR count). The van der Waals surface area contributed by atoms with Crippen LogP contribution in [0.25, 0.3) is 0 Å². The summed E-state index contributed by atoms with van der Waals surface area (Å²) in [6.45, 7) is 10.4. The Bertz CT molecular complexity index is 495. The zero-order valence-electron chi connectivity index (χ0n) is 14.8. The summed E-state index contributed by atoms with van der Waals surface area (Å²) in [7, 11) is 2.14.